The molecule has 0 radical (unpaired) electrons. The molecule has 11 nitrogen and oxygen atoms in total. The van der Waals surface area contributed by atoms with Gasteiger partial charge in [-0.1, -0.05) is 59.8 Å². The Kier molecular flexibility index (Phi) is 13.6. The molecule has 3 aromatic carbocycles. The minimum Gasteiger partial charge on any atom is -0.487 e. The van der Waals surface area contributed by atoms with Gasteiger partial charge in [0.1, 0.15) is 18.0 Å². The fourth-order valence-corrected chi connectivity index (χ4v) is 4.40. The van der Waals surface area contributed by atoms with Crippen molar-refractivity contribution in [3.8, 4) is 5.75 Å². The van der Waals surface area contributed by atoms with Crippen LogP contribution in [0.3, 0.4) is 0 Å². The number of carbonyl (C=O) groups is 1. The number of pyridine rings is 1. The average Bonchev–Trinajstić information content (AvgIpc) is 3.66. The molecule has 44 heavy (non-hydrogen) atoms. The molecule has 1 amide bonds. The predicted molar refractivity (Wildman–Crippen MR) is 163 cm³/mol. The van der Waals surface area contributed by atoms with E-state index >= 15 is 0 Å². The molecule has 6 aromatic rings. The van der Waals surface area contributed by atoms with Crippen molar-refractivity contribution in [2.24, 2.45) is 0 Å². The van der Waals surface area contributed by atoms with Crippen LogP contribution < -0.4 is 10.1 Å². The Morgan fingerprint density at radius 3 is 2.20 bits per heavy atom. The maximum Gasteiger partial charge on any atom is 0.373 e. The van der Waals surface area contributed by atoms with E-state index in [1.165, 1.54) is 11.8 Å². The topological polar surface area (TPSA) is 153 Å². The first-order valence-corrected chi connectivity index (χ1v) is 14.0. The van der Waals surface area contributed by atoms with Crippen LogP contribution in [0.5, 0.6) is 5.75 Å². The smallest absolute Gasteiger partial charge is 0.373 e. The van der Waals surface area contributed by atoms with Crippen LogP contribution in [0.1, 0.15) is 5.69 Å². The molecule has 0 aliphatic heterocycles. The Hall–Kier alpha value is -5.51. The number of hydrogen-bond acceptors (Lipinski definition) is 9. The van der Waals surface area contributed by atoms with Crippen molar-refractivity contribution in [2.45, 2.75) is 11.8 Å². The molecule has 0 aliphatic rings. The number of hydrogen-bond donors (Lipinski definition) is 2. The largest absolute Gasteiger partial charge is 0.487 e. The number of imidazole rings is 2. The first kappa shape index (κ1) is 33.0. The SMILES string of the molecule is O=C(CSc1nc2ccccc2[nH]1)Nc1ccc(Cl)cc1.O=C=O.O=C=O.c1ccc(OCc2cn3ccccc3n2)cc1. The van der Waals surface area contributed by atoms with Crippen LogP contribution in [-0.4, -0.2) is 43.3 Å². The molecule has 3 aromatic heterocycles. The van der Waals surface area contributed by atoms with Crippen molar-refractivity contribution >= 4 is 63.9 Å². The van der Waals surface area contributed by atoms with Gasteiger partial charge in [-0.25, -0.2) is 9.97 Å². The van der Waals surface area contributed by atoms with Crippen LogP contribution >= 0.6 is 23.4 Å². The Morgan fingerprint density at radius 2 is 1.52 bits per heavy atom. The average molecular weight is 630 g/mol. The van der Waals surface area contributed by atoms with E-state index < -0.39 is 0 Å². The van der Waals surface area contributed by atoms with Gasteiger partial charge < -0.3 is 19.4 Å². The second kappa shape index (κ2) is 18.1. The first-order chi connectivity index (χ1) is 21.4. The Bertz CT molecular complexity index is 1750. The molecule has 2 N–H and O–H groups in total. The lowest BCUT2D eigenvalue weighted by molar-refractivity contribution is -0.193. The summed E-state index contributed by atoms with van der Waals surface area (Å²) in [7, 11) is 0. The van der Waals surface area contributed by atoms with Gasteiger partial charge in [0.15, 0.2) is 5.16 Å². The normalized spacial score (nSPS) is 9.57. The molecule has 0 aliphatic carbocycles. The summed E-state index contributed by atoms with van der Waals surface area (Å²) in [6, 6.07) is 30.5. The lowest BCUT2D eigenvalue weighted by Crippen LogP contribution is -2.13. The van der Waals surface area contributed by atoms with Crippen molar-refractivity contribution in [1.82, 2.24) is 19.4 Å². The number of ether oxygens (including phenoxy) is 1. The van der Waals surface area contributed by atoms with Crippen molar-refractivity contribution in [2.75, 3.05) is 11.1 Å². The van der Waals surface area contributed by atoms with Crippen molar-refractivity contribution in [3.05, 3.63) is 120 Å². The number of aromatic nitrogens is 4. The number of nitrogens with one attached hydrogen (secondary N) is 2. The summed E-state index contributed by atoms with van der Waals surface area (Å²) >= 11 is 7.17. The molecule has 0 unspecified atom stereocenters. The predicted octanol–water partition coefficient (Wildman–Crippen LogP) is 5.69. The van der Waals surface area contributed by atoms with Crippen LogP contribution in [0.4, 0.5) is 5.69 Å². The van der Waals surface area contributed by atoms with E-state index in [2.05, 4.69) is 20.3 Å². The number of thioether (sulfide) groups is 1. The molecule has 0 saturated heterocycles. The van der Waals surface area contributed by atoms with Gasteiger partial charge in [0.2, 0.25) is 5.91 Å². The van der Waals surface area contributed by atoms with Gasteiger partial charge in [-0.2, -0.15) is 19.2 Å². The number of aromatic amines is 1. The summed E-state index contributed by atoms with van der Waals surface area (Å²) in [6.45, 7) is 0.492. The number of nitrogens with zero attached hydrogens (tertiary/aromatic N) is 3. The summed E-state index contributed by atoms with van der Waals surface area (Å²) in [4.78, 5) is 56.4. The summed E-state index contributed by atoms with van der Waals surface area (Å²) in [5.41, 5.74) is 4.48. The number of fused-ring (bicyclic) bond motifs is 2. The number of amides is 1. The van der Waals surface area contributed by atoms with E-state index in [-0.39, 0.29) is 18.2 Å². The van der Waals surface area contributed by atoms with E-state index in [0.29, 0.717) is 17.4 Å². The maximum absolute atomic E-state index is 11.9. The molecule has 0 spiro atoms. The van der Waals surface area contributed by atoms with Gasteiger partial charge >= 0.3 is 12.3 Å². The van der Waals surface area contributed by atoms with Crippen molar-refractivity contribution in [1.29, 1.82) is 0 Å². The van der Waals surface area contributed by atoms with Gasteiger partial charge in [0.05, 0.1) is 22.5 Å². The monoisotopic (exact) mass is 629 g/mol. The first-order valence-electron chi connectivity index (χ1n) is 12.7. The van der Waals surface area contributed by atoms with Gasteiger partial charge in [0, 0.05) is 23.1 Å². The number of carbonyl (C=O) groups excluding carboxylic acids is 5. The van der Waals surface area contributed by atoms with Crippen LogP contribution in [0.15, 0.2) is 115 Å². The van der Waals surface area contributed by atoms with Gasteiger partial charge in [-0.05, 0) is 60.7 Å². The lowest BCUT2D eigenvalue weighted by atomic mass is 10.3. The molecule has 6 rings (SSSR count). The van der Waals surface area contributed by atoms with E-state index in [1.54, 1.807) is 24.3 Å². The molecule has 0 saturated carbocycles. The molecule has 3 heterocycles. The molecule has 0 atom stereocenters. The summed E-state index contributed by atoms with van der Waals surface area (Å²) in [5, 5.41) is 4.19. The zero-order valence-corrected chi connectivity index (χ0v) is 24.5. The highest BCUT2D eigenvalue weighted by molar-refractivity contribution is 7.99. The summed E-state index contributed by atoms with van der Waals surface area (Å²) < 4.78 is 7.64. The molecule has 222 valence electrons. The zero-order chi connectivity index (χ0) is 31.6. The van der Waals surface area contributed by atoms with E-state index in [1.807, 2.05) is 89.6 Å². The number of H-pyrrole nitrogens is 1. The molecular formula is C31H24ClN5O6S. The minimum absolute atomic E-state index is 0.0808. The molecule has 0 fully saturated rings. The van der Waals surface area contributed by atoms with Crippen molar-refractivity contribution < 1.29 is 28.7 Å². The van der Waals surface area contributed by atoms with Crippen molar-refractivity contribution in [3.63, 3.8) is 0 Å². The summed E-state index contributed by atoms with van der Waals surface area (Å²) in [5.74, 6) is 1.08. The number of rotatable bonds is 7. The van der Waals surface area contributed by atoms with Gasteiger partial charge in [-0.15, -0.1) is 0 Å². The second-order valence-corrected chi connectivity index (χ2v) is 9.77. The third-order valence-electron chi connectivity index (χ3n) is 5.38. The van der Waals surface area contributed by atoms with Crippen LogP contribution in [0.2, 0.25) is 5.02 Å². The third kappa shape index (κ3) is 11.1. The third-order valence-corrected chi connectivity index (χ3v) is 6.50. The van der Waals surface area contributed by atoms with Crippen LogP contribution in [0, 0.1) is 0 Å². The highest BCUT2D eigenvalue weighted by Crippen LogP contribution is 2.20. The fourth-order valence-electron chi connectivity index (χ4n) is 3.59. The quantitative estimate of drug-likeness (QED) is 0.212. The van der Waals surface area contributed by atoms with E-state index in [9.17, 15) is 4.79 Å². The highest BCUT2D eigenvalue weighted by Gasteiger charge is 2.07. The molecule has 13 heteroatoms. The number of para-hydroxylation sites is 3. The van der Waals surface area contributed by atoms with Gasteiger partial charge in [-0.3, -0.25) is 4.79 Å². The minimum atomic E-state index is -0.0808. The van der Waals surface area contributed by atoms with Crippen LogP contribution in [-0.2, 0) is 30.6 Å². The number of benzene rings is 3. The zero-order valence-electron chi connectivity index (χ0n) is 22.9. The molecular weight excluding hydrogens is 606 g/mol. The lowest BCUT2D eigenvalue weighted by Gasteiger charge is -2.03. The maximum atomic E-state index is 11.9. The Morgan fingerprint density at radius 1 is 0.864 bits per heavy atom. The Labute approximate surface area is 260 Å². The number of halogens is 1. The van der Waals surface area contributed by atoms with Crippen LogP contribution in [0.25, 0.3) is 16.7 Å². The van der Waals surface area contributed by atoms with Gasteiger partial charge in [0.25, 0.3) is 0 Å². The standard InChI is InChI=1S/C15H12ClN3OS.C14H12N2O.2CO2/c16-10-5-7-11(8-6-10)17-14(20)9-21-15-18-12-3-1-2-4-13(12)19-15;1-2-6-13(7-3-1)17-11-12-10-16-9-5-4-8-14(16)15-12;2*2-1-3/h1-8H,9H2,(H,17,20)(H,18,19);1-10H,11H2;;. The molecule has 0 bridgehead atoms. The highest BCUT2D eigenvalue weighted by atomic mass is 35.5. The fraction of sp³-hybridized carbons (Fsp3) is 0.0645. The number of anilines is 1. The van der Waals surface area contributed by atoms with E-state index in [0.717, 1.165) is 39.0 Å². The Balaban J connectivity index is 0.000000207. The second-order valence-electron chi connectivity index (χ2n) is 8.37. The van der Waals surface area contributed by atoms with E-state index in [4.69, 9.17) is 35.5 Å². The summed E-state index contributed by atoms with van der Waals surface area (Å²) in [6.07, 6.45) is 4.46.